The molecule has 0 saturated heterocycles. The van der Waals surface area contributed by atoms with Crippen LogP contribution in [0.3, 0.4) is 0 Å². The summed E-state index contributed by atoms with van der Waals surface area (Å²) in [5.41, 5.74) is 0.875. The van der Waals surface area contributed by atoms with Crippen molar-refractivity contribution in [3.63, 3.8) is 0 Å². The van der Waals surface area contributed by atoms with Crippen molar-refractivity contribution in [2.75, 3.05) is 26.1 Å². The van der Waals surface area contributed by atoms with E-state index in [1.165, 1.54) is 12.1 Å². The van der Waals surface area contributed by atoms with Crippen LogP contribution >= 0.6 is 11.6 Å². The molecule has 0 saturated carbocycles. The summed E-state index contributed by atoms with van der Waals surface area (Å²) in [6.45, 7) is 1.53. The van der Waals surface area contributed by atoms with Gasteiger partial charge in [-0.2, -0.15) is 0 Å². The second-order valence-electron chi connectivity index (χ2n) is 3.15. The van der Waals surface area contributed by atoms with Gasteiger partial charge >= 0.3 is 0 Å². The van der Waals surface area contributed by atoms with E-state index >= 15 is 0 Å². The summed E-state index contributed by atoms with van der Waals surface area (Å²) < 4.78 is 18.1. The lowest BCUT2D eigenvalue weighted by Crippen LogP contribution is -2.19. The first kappa shape index (κ1) is 12.3. The lowest BCUT2D eigenvalue weighted by Gasteiger charge is -2.08. The topological polar surface area (TPSA) is 21.3 Å². The molecule has 0 aliphatic rings. The zero-order chi connectivity index (χ0) is 11.1. The van der Waals surface area contributed by atoms with E-state index in [0.717, 1.165) is 30.8 Å². The molecule has 2 nitrogen and oxygen atoms in total. The summed E-state index contributed by atoms with van der Waals surface area (Å²) in [5.74, 6) is 1.08. The number of hydrogen-bond acceptors (Lipinski definition) is 2. The van der Waals surface area contributed by atoms with Gasteiger partial charge in [-0.15, -0.1) is 11.6 Å². The van der Waals surface area contributed by atoms with Crippen LogP contribution in [-0.4, -0.2) is 26.1 Å². The van der Waals surface area contributed by atoms with Crippen molar-refractivity contribution in [3.05, 3.63) is 29.6 Å². The van der Waals surface area contributed by atoms with Gasteiger partial charge in [-0.05, 0) is 36.7 Å². The van der Waals surface area contributed by atoms with Crippen molar-refractivity contribution in [1.82, 2.24) is 5.32 Å². The molecule has 1 N–H and O–H groups in total. The van der Waals surface area contributed by atoms with Crippen molar-refractivity contribution >= 4 is 11.6 Å². The molecule has 0 aliphatic heterocycles. The standard InChI is InChI=1S/C11H15ClFNO/c1-15-11-3-2-10(13)8-9(11)4-6-14-7-5-12/h2-3,8,14H,4-7H2,1H3. The minimum Gasteiger partial charge on any atom is -0.496 e. The van der Waals surface area contributed by atoms with Gasteiger partial charge in [0.05, 0.1) is 7.11 Å². The van der Waals surface area contributed by atoms with Crippen LogP contribution in [-0.2, 0) is 6.42 Å². The average molecular weight is 232 g/mol. The molecule has 0 unspecified atom stereocenters. The van der Waals surface area contributed by atoms with E-state index in [-0.39, 0.29) is 5.82 Å². The van der Waals surface area contributed by atoms with E-state index in [2.05, 4.69) is 5.32 Å². The molecule has 0 spiro atoms. The average Bonchev–Trinajstić information content (AvgIpc) is 2.25. The lowest BCUT2D eigenvalue weighted by atomic mass is 10.1. The molecule has 0 amide bonds. The van der Waals surface area contributed by atoms with Crippen LogP contribution in [0.4, 0.5) is 4.39 Å². The predicted molar refractivity (Wildman–Crippen MR) is 60.2 cm³/mol. The summed E-state index contributed by atoms with van der Waals surface area (Å²) in [7, 11) is 1.59. The number of hydrogen-bond donors (Lipinski definition) is 1. The molecule has 1 rings (SSSR count). The summed E-state index contributed by atoms with van der Waals surface area (Å²) in [5, 5.41) is 3.14. The highest BCUT2D eigenvalue weighted by molar-refractivity contribution is 6.18. The number of ether oxygens (including phenoxy) is 1. The van der Waals surface area contributed by atoms with Crippen molar-refractivity contribution in [3.8, 4) is 5.75 Å². The highest BCUT2D eigenvalue weighted by Crippen LogP contribution is 2.19. The van der Waals surface area contributed by atoms with Gasteiger partial charge in [0.1, 0.15) is 11.6 Å². The predicted octanol–water partition coefficient (Wildman–Crippen LogP) is 2.21. The minimum absolute atomic E-state index is 0.233. The number of alkyl halides is 1. The summed E-state index contributed by atoms with van der Waals surface area (Å²) >= 11 is 5.52. The molecule has 0 atom stereocenters. The molecule has 84 valence electrons. The lowest BCUT2D eigenvalue weighted by molar-refractivity contribution is 0.408. The van der Waals surface area contributed by atoms with Crippen LogP contribution in [0.5, 0.6) is 5.75 Å². The zero-order valence-corrected chi connectivity index (χ0v) is 9.48. The Bertz CT molecular complexity index is 307. The molecule has 0 aromatic heterocycles. The van der Waals surface area contributed by atoms with Crippen molar-refractivity contribution in [1.29, 1.82) is 0 Å². The third kappa shape index (κ3) is 4.06. The maximum atomic E-state index is 13.0. The molecule has 0 aliphatic carbocycles. The third-order valence-electron chi connectivity index (χ3n) is 2.08. The molecule has 0 radical (unpaired) electrons. The first-order chi connectivity index (χ1) is 7.27. The highest BCUT2D eigenvalue weighted by atomic mass is 35.5. The summed E-state index contributed by atoms with van der Waals surface area (Å²) in [6, 6.07) is 4.54. The van der Waals surface area contributed by atoms with Gasteiger partial charge in [-0.3, -0.25) is 0 Å². The Labute approximate surface area is 94.4 Å². The largest absolute Gasteiger partial charge is 0.496 e. The molecular formula is C11H15ClFNO. The van der Waals surface area contributed by atoms with Gasteiger partial charge in [0.2, 0.25) is 0 Å². The van der Waals surface area contributed by atoms with Gasteiger partial charge in [0.25, 0.3) is 0 Å². The Morgan fingerprint density at radius 2 is 2.20 bits per heavy atom. The fraction of sp³-hybridized carbons (Fsp3) is 0.455. The molecular weight excluding hydrogens is 217 g/mol. The maximum absolute atomic E-state index is 13.0. The van der Waals surface area contributed by atoms with Crippen molar-refractivity contribution < 1.29 is 9.13 Å². The summed E-state index contributed by atoms with van der Waals surface area (Å²) in [6.07, 6.45) is 0.734. The first-order valence-electron chi connectivity index (χ1n) is 4.87. The van der Waals surface area contributed by atoms with Gasteiger partial charge in [-0.25, -0.2) is 4.39 Å². The first-order valence-corrected chi connectivity index (χ1v) is 5.40. The van der Waals surface area contributed by atoms with Gasteiger partial charge in [-0.1, -0.05) is 0 Å². The van der Waals surface area contributed by atoms with E-state index in [1.54, 1.807) is 13.2 Å². The second-order valence-corrected chi connectivity index (χ2v) is 3.52. The number of rotatable bonds is 6. The van der Waals surface area contributed by atoms with Gasteiger partial charge < -0.3 is 10.1 Å². The Kier molecular flexibility index (Phi) is 5.43. The molecule has 0 bridgehead atoms. The number of halogens is 2. The van der Waals surface area contributed by atoms with Crippen LogP contribution in [0.1, 0.15) is 5.56 Å². The van der Waals surface area contributed by atoms with Gasteiger partial charge in [0.15, 0.2) is 0 Å². The Morgan fingerprint density at radius 3 is 2.87 bits per heavy atom. The van der Waals surface area contributed by atoms with Gasteiger partial charge in [0, 0.05) is 12.4 Å². The van der Waals surface area contributed by atoms with Crippen molar-refractivity contribution in [2.45, 2.75) is 6.42 Å². The molecule has 4 heteroatoms. The number of benzene rings is 1. The second kappa shape index (κ2) is 6.64. The Morgan fingerprint density at radius 1 is 1.40 bits per heavy atom. The monoisotopic (exact) mass is 231 g/mol. The zero-order valence-electron chi connectivity index (χ0n) is 8.72. The fourth-order valence-corrected chi connectivity index (χ4v) is 1.49. The van der Waals surface area contributed by atoms with Crippen LogP contribution < -0.4 is 10.1 Å². The van der Waals surface area contributed by atoms with E-state index in [0.29, 0.717) is 5.88 Å². The normalized spacial score (nSPS) is 10.3. The number of methoxy groups -OCH3 is 1. The van der Waals surface area contributed by atoms with Crippen LogP contribution in [0.15, 0.2) is 18.2 Å². The smallest absolute Gasteiger partial charge is 0.123 e. The Balaban J connectivity index is 2.54. The maximum Gasteiger partial charge on any atom is 0.123 e. The quantitative estimate of drug-likeness (QED) is 0.599. The van der Waals surface area contributed by atoms with E-state index in [1.807, 2.05) is 0 Å². The molecule has 1 aromatic carbocycles. The fourth-order valence-electron chi connectivity index (χ4n) is 1.36. The molecule has 0 heterocycles. The number of nitrogens with one attached hydrogen (secondary N) is 1. The van der Waals surface area contributed by atoms with E-state index in [9.17, 15) is 4.39 Å². The summed E-state index contributed by atoms with van der Waals surface area (Å²) in [4.78, 5) is 0. The van der Waals surface area contributed by atoms with Crippen LogP contribution in [0, 0.1) is 5.82 Å². The molecule has 0 fully saturated rings. The Hall–Kier alpha value is -0.800. The van der Waals surface area contributed by atoms with E-state index in [4.69, 9.17) is 16.3 Å². The SMILES string of the molecule is COc1ccc(F)cc1CCNCCCl. The molecule has 1 aromatic rings. The highest BCUT2D eigenvalue weighted by Gasteiger charge is 2.03. The van der Waals surface area contributed by atoms with Crippen LogP contribution in [0.25, 0.3) is 0 Å². The third-order valence-corrected chi connectivity index (χ3v) is 2.27. The minimum atomic E-state index is -0.233. The van der Waals surface area contributed by atoms with E-state index < -0.39 is 0 Å². The van der Waals surface area contributed by atoms with Crippen LogP contribution in [0.2, 0.25) is 0 Å². The van der Waals surface area contributed by atoms with Crippen molar-refractivity contribution in [2.24, 2.45) is 0 Å². The molecule has 15 heavy (non-hydrogen) atoms.